The van der Waals surface area contributed by atoms with Gasteiger partial charge in [0.05, 0.1) is 6.10 Å². The number of rotatable bonds is 3. The van der Waals surface area contributed by atoms with Gasteiger partial charge in [-0.3, -0.25) is 4.98 Å². The van der Waals surface area contributed by atoms with Crippen molar-refractivity contribution in [2.24, 2.45) is 0 Å². The molecule has 0 bridgehead atoms. The Morgan fingerprint density at radius 3 is 2.41 bits per heavy atom. The number of hydrogen-bond acceptors (Lipinski definition) is 2. The van der Waals surface area contributed by atoms with Crippen LogP contribution in [0.4, 0.5) is 0 Å². The number of ether oxygens (including phenoxy) is 1. The van der Waals surface area contributed by atoms with Gasteiger partial charge in [-0.05, 0) is 18.8 Å². The first-order valence-electron chi connectivity index (χ1n) is 6.55. The van der Waals surface area contributed by atoms with Gasteiger partial charge in [0.1, 0.15) is 5.75 Å². The lowest BCUT2D eigenvalue weighted by atomic mass is 9.90. The van der Waals surface area contributed by atoms with E-state index >= 15 is 0 Å². The molecule has 2 heteroatoms. The fourth-order valence-electron chi connectivity index (χ4n) is 1.76. The Hall–Kier alpha value is -1.05. The van der Waals surface area contributed by atoms with E-state index in [0.29, 0.717) is 12.0 Å². The van der Waals surface area contributed by atoms with Gasteiger partial charge < -0.3 is 4.74 Å². The maximum absolute atomic E-state index is 6.01. The van der Waals surface area contributed by atoms with Gasteiger partial charge in [-0.2, -0.15) is 0 Å². The second-order valence-corrected chi connectivity index (χ2v) is 6.33. The van der Waals surface area contributed by atoms with Gasteiger partial charge in [0.25, 0.3) is 0 Å². The maximum Gasteiger partial charge on any atom is 0.126 e. The molecular formula is C15H23NO. The molecule has 1 aliphatic carbocycles. The SMILES string of the molecule is CC(C)c1cnc(C(C)(C)C)cc1OC1CC1. The van der Waals surface area contributed by atoms with Crippen molar-refractivity contribution in [3.05, 3.63) is 23.5 Å². The highest BCUT2D eigenvalue weighted by molar-refractivity contribution is 5.37. The van der Waals surface area contributed by atoms with Crippen LogP contribution < -0.4 is 4.74 Å². The Kier molecular flexibility index (Phi) is 3.15. The van der Waals surface area contributed by atoms with Gasteiger partial charge >= 0.3 is 0 Å². The van der Waals surface area contributed by atoms with Crippen molar-refractivity contribution in [3.8, 4) is 5.75 Å². The minimum atomic E-state index is 0.0805. The quantitative estimate of drug-likeness (QED) is 0.786. The molecule has 0 aromatic carbocycles. The molecule has 0 aliphatic heterocycles. The van der Waals surface area contributed by atoms with Crippen LogP contribution >= 0.6 is 0 Å². The molecule has 0 radical (unpaired) electrons. The number of nitrogens with zero attached hydrogens (tertiary/aromatic N) is 1. The highest BCUT2D eigenvalue weighted by Crippen LogP contribution is 2.34. The molecule has 1 fully saturated rings. The van der Waals surface area contributed by atoms with Gasteiger partial charge in [-0.15, -0.1) is 0 Å². The van der Waals surface area contributed by atoms with Crippen LogP contribution in [-0.2, 0) is 5.41 Å². The summed E-state index contributed by atoms with van der Waals surface area (Å²) >= 11 is 0. The summed E-state index contributed by atoms with van der Waals surface area (Å²) in [5.74, 6) is 1.51. The van der Waals surface area contributed by atoms with E-state index in [0.717, 1.165) is 11.4 Å². The smallest absolute Gasteiger partial charge is 0.126 e. The van der Waals surface area contributed by atoms with Crippen LogP contribution in [0.15, 0.2) is 12.3 Å². The predicted molar refractivity (Wildman–Crippen MR) is 70.7 cm³/mol. The Balaban J connectivity index is 2.34. The van der Waals surface area contributed by atoms with Crippen molar-refractivity contribution in [2.45, 2.75) is 64.9 Å². The zero-order valence-electron chi connectivity index (χ0n) is 11.6. The number of aromatic nitrogens is 1. The summed E-state index contributed by atoms with van der Waals surface area (Å²) in [7, 11) is 0. The highest BCUT2D eigenvalue weighted by atomic mass is 16.5. The molecule has 0 saturated heterocycles. The zero-order chi connectivity index (χ0) is 12.6. The molecule has 1 saturated carbocycles. The fraction of sp³-hybridized carbons (Fsp3) is 0.667. The van der Waals surface area contributed by atoms with Crippen LogP contribution in [0.1, 0.15) is 64.6 Å². The predicted octanol–water partition coefficient (Wildman–Crippen LogP) is 4.04. The second kappa shape index (κ2) is 4.32. The molecule has 1 aromatic heterocycles. The largest absolute Gasteiger partial charge is 0.490 e. The van der Waals surface area contributed by atoms with Crippen molar-refractivity contribution in [2.75, 3.05) is 0 Å². The summed E-state index contributed by atoms with van der Waals surface area (Å²) in [5.41, 5.74) is 2.42. The molecular weight excluding hydrogens is 210 g/mol. The third-order valence-electron chi connectivity index (χ3n) is 3.10. The molecule has 94 valence electrons. The molecule has 17 heavy (non-hydrogen) atoms. The van der Waals surface area contributed by atoms with E-state index in [9.17, 15) is 0 Å². The second-order valence-electron chi connectivity index (χ2n) is 6.33. The molecule has 2 rings (SSSR count). The molecule has 1 aliphatic rings. The van der Waals surface area contributed by atoms with Gasteiger partial charge in [-0.1, -0.05) is 34.6 Å². The molecule has 0 amide bonds. The Bertz CT molecular complexity index is 400. The molecule has 0 unspecified atom stereocenters. The molecule has 1 aromatic rings. The van der Waals surface area contributed by atoms with E-state index in [2.05, 4.69) is 45.7 Å². The van der Waals surface area contributed by atoms with Crippen LogP contribution in [0.3, 0.4) is 0 Å². The van der Waals surface area contributed by atoms with Crippen molar-refractivity contribution in [1.82, 2.24) is 4.98 Å². The Labute approximate surface area is 104 Å². The summed E-state index contributed by atoms with van der Waals surface area (Å²) < 4.78 is 6.01. The van der Waals surface area contributed by atoms with Gasteiger partial charge in [-0.25, -0.2) is 0 Å². The fourth-order valence-corrected chi connectivity index (χ4v) is 1.76. The molecule has 0 atom stereocenters. The van der Waals surface area contributed by atoms with E-state index in [1.807, 2.05) is 6.20 Å². The van der Waals surface area contributed by atoms with Gasteiger partial charge in [0, 0.05) is 28.9 Å². The van der Waals surface area contributed by atoms with Crippen molar-refractivity contribution >= 4 is 0 Å². The lowest BCUT2D eigenvalue weighted by molar-refractivity contribution is 0.297. The van der Waals surface area contributed by atoms with Gasteiger partial charge in [0.2, 0.25) is 0 Å². The minimum absolute atomic E-state index is 0.0805. The lowest BCUT2D eigenvalue weighted by Crippen LogP contribution is -2.14. The van der Waals surface area contributed by atoms with Crippen molar-refractivity contribution in [3.63, 3.8) is 0 Å². The number of pyridine rings is 1. The normalized spacial score (nSPS) is 16.4. The summed E-state index contributed by atoms with van der Waals surface area (Å²) in [4.78, 5) is 4.58. The monoisotopic (exact) mass is 233 g/mol. The van der Waals surface area contributed by atoms with Crippen LogP contribution in [-0.4, -0.2) is 11.1 Å². The summed E-state index contributed by atoms with van der Waals surface area (Å²) in [6.45, 7) is 10.9. The molecule has 2 nitrogen and oxygen atoms in total. The minimum Gasteiger partial charge on any atom is -0.490 e. The average Bonchev–Trinajstić information content (AvgIpc) is 2.99. The number of hydrogen-bond donors (Lipinski definition) is 0. The van der Waals surface area contributed by atoms with Crippen LogP contribution in [0.5, 0.6) is 5.75 Å². The van der Waals surface area contributed by atoms with E-state index in [1.54, 1.807) is 0 Å². The van der Waals surface area contributed by atoms with E-state index in [4.69, 9.17) is 4.74 Å². The van der Waals surface area contributed by atoms with Crippen LogP contribution in [0.25, 0.3) is 0 Å². The van der Waals surface area contributed by atoms with E-state index in [1.165, 1.54) is 18.4 Å². The van der Waals surface area contributed by atoms with E-state index < -0.39 is 0 Å². The van der Waals surface area contributed by atoms with Gasteiger partial charge in [0.15, 0.2) is 0 Å². The van der Waals surface area contributed by atoms with Crippen molar-refractivity contribution < 1.29 is 4.74 Å². The third-order valence-corrected chi connectivity index (χ3v) is 3.10. The van der Waals surface area contributed by atoms with Crippen LogP contribution in [0, 0.1) is 0 Å². The standard InChI is InChI=1S/C15H23NO/c1-10(2)12-9-16-14(15(3,4)5)8-13(12)17-11-6-7-11/h8-11H,6-7H2,1-5H3. The Morgan fingerprint density at radius 1 is 1.29 bits per heavy atom. The van der Waals surface area contributed by atoms with Crippen molar-refractivity contribution in [1.29, 1.82) is 0 Å². The first-order chi connectivity index (χ1) is 7.88. The maximum atomic E-state index is 6.01. The molecule has 0 spiro atoms. The highest BCUT2D eigenvalue weighted by Gasteiger charge is 2.26. The zero-order valence-corrected chi connectivity index (χ0v) is 11.6. The molecule has 0 N–H and O–H groups in total. The average molecular weight is 233 g/mol. The molecule has 1 heterocycles. The van der Waals surface area contributed by atoms with E-state index in [-0.39, 0.29) is 5.41 Å². The summed E-state index contributed by atoms with van der Waals surface area (Å²) in [5, 5.41) is 0. The summed E-state index contributed by atoms with van der Waals surface area (Å²) in [6, 6.07) is 2.13. The lowest BCUT2D eigenvalue weighted by Gasteiger charge is -2.21. The third kappa shape index (κ3) is 2.99. The Morgan fingerprint density at radius 2 is 1.94 bits per heavy atom. The first kappa shape index (κ1) is 12.4. The first-order valence-corrected chi connectivity index (χ1v) is 6.55. The topological polar surface area (TPSA) is 22.1 Å². The summed E-state index contributed by atoms with van der Waals surface area (Å²) in [6.07, 6.45) is 4.83. The van der Waals surface area contributed by atoms with Crippen LogP contribution in [0.2, 0.25) is 0 Å².